The van der Waals surface area contributed by atoms with E-state index in [1.165, 1.54) is 11.6 Å². The van der Waals surface area contributed by atoms with Gasteiger partial charge in [-0.1, -0.05) is 43.6 Å². The first-order valence-electron chi connectivity index (χ1n) is 11.0. The van der Waals surface area contributed by atoms with Crippen molar-refractivity contribution in [3.63, 3.8) is 0 Å². The van der Waals surface area contributed by atoms with Gasteiger partial charge in [-0.25, -0.2) is 4.79 Å². The topological polar surface area (TPSA) is 69.2 Å². The Hall–Kier alpha value is -2.80. The van der Waals surface area contributed by atoms with Crippen molar-refractivity contribution < 1.29 is 4.79 Å². The van der Waals surface area contributed by atoms with Crippen molar-refractivity contribution in [3.05, 3.63) is 61.3 Å². The monoisotopic (exact) mass is 456 g/mol. The molecule has 170 valence electrons. The third-order valence-electron chi connectivity index (χ3n) is 6.77. The van der Waals surface area contributed by atoms with Crippen molar-refractivity contribution >= 4 is 34.7 Å². The summed E-state index contributed by atoms with van der Waals surface area (Å²) >= 11 is 6.46. The van der Waals surface area contributed by atoms with Crippen LogP contribution in [0.1, 0.15) is 42.6 Å². The smallest absolute Gasteiger partial charge is 0.331 e. The summed E-state index contributed by atoms with van der Waals surface area (Å²) in [6.07, 6.45) is 2.92. The normalized spacial score (nSPS) is 16.8. The number of nitrogens with zero attached hydrogens (tertiary/aromatic N) is 4. The van der Waals surface area contributed by atoms with Gasteiger partial charge in [0.2, 0.25) is 0 Å². The summed E-state index contributed by atoms with van der Waals surface area (Å²) in [6.45, 7) is 6.35. The molecule has 3 aromatic rings. The molecular formula is C24H29ClN4O3. The minimum absolute atomic E-state index is 0.329. The molecule has 0 spiro atoms. The largest absolute Gasteiger partial charge is 0.357 e. The molecular weight excluding hydrogens is 428 g/mol. The summed E-state index contributed by atoms with van der Waals surface area (Å²) in [5.74, 6) is 1.69. The molecule has 1 saturated heterocycles. The molecule has 4 rings (SSSR count). The number of aryl methyl sites for hydroxylation is 1. The Morgan fingerprint density at radius 1 is 1.12 bits per heavy atom. The Bertz CT molecular complexity index is 1300. The molecule has 2 aromatic heterocycles. The van der Waals surface area contributed by atoms with E-state index in [2.05, 4.69) is 18.7 Å². The second kappa shape index (κ2) is 8.62. The minimum atomic E-state index is -0.453. The average Bonchev–Trinajstić information content (AvgIpc) is 3.11. The highest BCUT2D eigenvalue weighted by Crippen LogP contribution is 2.35. The van der Waals surface area contributed by atoms with E-state index >= 15 is 0 Å². The van der Waals surface area contributed by atoms with Crippen LogP contribution >= 0.6 is 11.6 Å². The van der Waals surface area contributed by atoms with Crippen LogP contribution < -0.4 is 16.1 Å². The second-order valence-corrected chi connectivity index (χ2v) is 9.44. The van der Waals surface area contributed by atoms with Crippen molar-refractivity contribution in [2.45, 2.75) is 33.2 Å². The number of hydrogen-bond acceptors (Lipinski definition) is 4. The molecule has 1 aromatic carbocycles. The average molecular weight is 457 g/mol. The zero-order chi connectivity index (χ0) is 23.2. The van der Waals surface area contributed by atoms with Crippen LogP contribution in [0.4, 0.5) is 5.82 Å². The van der Waals surface area contributed by atoms with Crippen LogP contribution in [0.25, 0.3) is 11.0 Å². The second-order valence-electron chi connectivity index (χ2n) is 9.03. The van der Waals surface area contributed by atoms with Crippen LogP contribution in [0.2, 0.25) is 5.02 Å². The molecule has 1 aliphatic rings. The number of hydrogen-bond donors (Lipinski definition) is 0. The lowest BCUT2D eigenvalue weighted by Gasteiger charge is -2.37. The van der Waals surface area contributed by atoms with Crippen molar-refractivity contribution in [1.82, 2.24) is 13.7 Å². The molecule has 1 fully saturated rings. The number of carbonyl (C=O) groups excluding carboxylic acids is 1. The van der Waals surface area contributed by atoms with Gasteiger partial charge in [0, 0.05) is 32.2 Å². The SMILES string of the molecule is CC(C)C1CCCN(c2c(C=O)c3c(c(=O)n(C)c(=O)n3C)n2Cc2ccccc2Cl)C1. The standard InChI is InChI=1S/C24H29ClN4O3/c1-15(2)16-9-7-11-28(12-16)22-18(14-30)20-21(23(31)27(4)24(32)26(20)3)29(22)13-17-8-5-6-10-19(17)25/h5-6,8,10,14-16H,7,9,11-13H2,1-4H3. The van der Waals surface area contributed by atoms with Crippen LogP contribution in [-0.4, -0.2) is 33.1 Å². The van der Waals surface area contributed by atoms with Gasteiger partial charge >= 0.3 is 5.69 Å². The van der Waals surface area contributed by atoms with Crippen LogP contribution in [0, 0.1) is 11.8 Å². The third kappa shape index (κ3) is 3.58. The van der Waals surface area contributed by atoms with Gasteiger partial charge in [-0.15, -0.1) is 0 Å². The van der Waals surface area contributed by atoms with E-state index in [4.69, 9.17) is 11.6 Å². The minimum Gasteiger partial charge on any atom is -0.357 e. The van der Waals surface area contributed by atoms with Gasteiger partial charge in [-0.3, -0.25) is 18.7 Å². The van der Waals surface area contributed by atoms with E-state index in [1.807, 2.05) is 28.8 Å². The van der Waals surface area contributed by atoms with Crippen molar-refractivity contribution in [1.29, 1.82) is 0 Å². The fraction of sp³-hybridized carbons (Fsp3) is 0.458. The molecule has 1 unspecified atom stereocenters. The van der Waals surface area contributed by atoms with Crippen molar-refractivity contribution in [3.8, 4) is 0 Å². The first-order valence-corrected chi connectivity index (χ1v) is 11.4. The quantitative estimate of drug-likeness (QED) is 0.551. The number of anilines is 1. The maximum absolute atomic E-state index is 13.3. The fourth-order valence-electron chi connectivity index (χ4n) is 4.88. The lowest BCUT2D eigenvalue weighted by molar-refractivity contribution is 0.112. The zero-order valence-electron chi connectivity index (χ0n) is 19.0. The first-order chi connectivity index (χ1) is 15.3. The van der Waals surface area contributed by atoms with Gasteiger partial charge in [-0.2, -0.15) is 0 Å². The maximum Gasteiger partial charge on any atom is 0.331 e. The predicted octanol–water partition coefficient (Wildman–Crippen LogP) is 3.43. The molecule has 0 aliphatic carbocycles. The molecule has 0 bridgehead atoms. The van der Waals surface area contributed by atoms with Gasteiger partial charge < -0.3 is 9.47 Å². The van der Waals surface area contributed by atoms with E-state index < -0.39 is 11.2 Å². The van der Waals surface area contributed by atoms with E-state index in [0.717, 1.165) is 42.3 Å². The molecule has 0 N–H and O–H groups in total. The van der Waals surface area contributed by atoms with Crippen LogP contribution in [0.5, 0.6) is 0 Å². The first kappa shape index (κ1) is 22.4. The van der Waals surface area contributed by atoms with E-state index in [-0.39, 0.29) is 0 Å². The Morgan fingerprint density at radius 2 is 1.84 bits per heavy atom. The Balaban J connectivity index is 2.05. The maximum atomic E-state index is 13.3. The number of rotatable bonds is 5. The number of benzene rings is 1. The van der Waals surface area contributed by atoms with Crippen LogP contribution in [0.15, 0.2) is 33.9 Å². The molecule has 8 heteroatoms. The molecule has 3 heterocycles. The van der Waals surface area contributed by atoms with Crippen molar-refractivity contribution in [2.75, 3.05) is 18.0 Å². The molecule has 0 saturated carbocycles. The highest BCUT2D eigenvalue weighted by molar-refractivity contribution is 6.31. The van der Waals surface area contributed by atoms with Gasteiger partial charge in [0.1, 0.15) is 11.3 Å². The van der Waals surface area contributed by atoms with Gasteiger partial charge in [-0.05, 0) is 36.3 Å². The number of fused-ring (bicyclic) bond motifs is 1. The number of aldehydes is 1. The lowest BCUT2D eigenvalue weighted by Crippen LogP contribution is -2.39. The van der Waals surface area contributed by atoms with Crippen molar-refractivity contribution in [2.24, 2.45) is 25.9 Å². The highest BCUT2D eigenvalue weighted by atomic mass is 35.5. The Labute approximate surface area is 191 Å². The summed E-state index contributed by atoms with van der Waals surface area (Å²) in [4.78, 5) is 40.6. The molecule has 1 atom stereocenters. The molecule has 0 amide bonds. The number of halogens is 1. The Kier molecular flexibility index (Phi) is 6.03. The predicted molar refractivity (Wildman–Crippen MR) is 128 cm³/mol. The highest BCUT2D eigenvalue weighted by Gasteiger charge is 2.31. The van der Waals surface area contributed by atoms with E-state index in [9.17, 15) is 14.4 Å². The number of carbonyl (C=O) groups is 1. The summed E-state index contributed by atoms with van der Waals surface area (Å²) in [5.41, 5.74) is 1.08. The third-order valence-corrected chi connectivity index (χ3v) is 7.14. The molecule has 0 radical (unpaired) electrons. The molecule has 1 aliphatic heterocycles. The van der Waals surface area contributed by atoms with Crippen LogP contribution in [0.3, 0.4) is 0 Å². The number of piperidine rings is 1. The van der Waals surface area contributed by atoms with Gasteiger partial charge in [0.25, 0.3) is 5.56 Å². The fourth-order valence-corrected chi connectivity index (χ4v) is 5.08. The summed E-state index contributed by atoms with van der Waals surface area (Å²) in [5, 5.41) is 0.591. The Morgan fingerprint density at radius 3 is 2.50 bits per heavy atom. The lowest BCUT2D eigenvalue weighted by atomic mass is 9.88. The van der Waals surface area contributed by atoms with Crippen LogP contribution in [-0.2, 0) is 20.6 Å². The summed E-state index contributed by atoms with van der Waals surface area (Å²) in [6, 6.07) is 7.49. The van der Waals surface area contributed by atoms with E-state index in [1.54, 1.807) is 7.05 Å². The summed E-state index contributed by atoms with van der Waals surface area (Å²) < 4.78 is 4.37. The van der Waals surface area contributed by atoms with E-state index in [0.29, 0.717) is 45.8 Å². The van der Waals surface area contributed by atoms with Gasteiger partial charge in [0.15, 0.2) is 6.29 Å². The zero-order valence-corrected chi connectivity index (χ0v) is 19.7. The summed E-state index contributed by atoms with van der Waals surface area (Å²) in [7, 11) is 3.07. The number of aromatic nitrogens is 3. The molecule has 32 heavy (non-hydrogen) atoms. The van der Waals surface area contributed by atoms with Gasteiger partial charge in [0.05, 0.1) is 17.6 Å². The molecule has 7 nitrogen and oxygen atoms in total.